The Morgan fingerprint density at radius 2 is 2.17 bits per heavy atom. The number of urea groups is 1. The number of hydrogen-bond acceptors (Lipinski definition) is 5. The highest BCUT2D eigenvalue weighted by Gasteiger charge is 2.25. The molecule has 0 radical (unpaired) electrons. The molecule has 1 aromatic carbocycles. The number of aliphatic hydroxyl groups excluding tert-OH is 2. The van der Waals surface area contributed by atoms with Crippen LogP contribution >= 0.6 is 11.6 Å². The smallest absolute Gasteiger partial charge is 0.318 e. The van der Waals surface area contributed by atoms with Gasteiger partial charge in [0, 0.05) is 25.8 Å². The maximum atomic E-state index is 13.4. The Hall–Kier alpha value is -2.29. The van der Waals surface area contributed by atoms with Crippen molar-refractivity contribution in [2.24, 2.45) is 5.92 Å². The number of rotatable bonds is 6. The fourth-order valence-corrected chi connectivity index (χ4v) is 3.39. The number of aliphatic hydroxyl groups is 2. The van der Waals surface area contributed by atoms with E-state index in [-0.39, 0.29) is 30.2 Å². The first-order valence-corrected chi connectivity index (χ1v) is 9.84. The van der Waals surface area contributed by atoms with Crippen LogP contribution in [0.4, 0.5) is 9.18 Å². The van der Waals surface area contributed by atoms with Gasteiger partial charge in [-0.25, -0.2) is 19.2 Å². The van der Waals surface area contributed by atoms with Gasteiger partial charge >= 0.3 is 6.03 Å². The summed E-state index contributed by atoms with van der Waals surface area (Å²) in [4.78, 5) is 23.3. The first-order chi connectivity index (χ1) is 13.9. The van der Waals surface area contributed by atoms with Crippen LogP contribution in [0, 0.1) is 11.7 Å². The molecule has 0 aliphatic carbocycles. The summed E-state index contributed by atoms with van der Waals surface area (Å²) >= 11 is 5.81. The second kappa shape index (κ2) is 9.47. The van der Waals surface area contributed by atoms with Crippen molar-refractivity contribution in [2.75, 3.05) is 19.8 Å². The number of carbonyl (C=O) groups excluding carboxylic acids is 1. The summed E-state index contributed by atoms with van der Waals surface area (Å²) in [5, 5.41) is 21.6. The lowest BCUT2D eigenvalue weighted by Crippen LogP contribution is -2.45. The summed E-state index contributed by atoms with van der Waals surface area (Å²) in [6.45, 7) is 2.46. The molecule has 2 aromatic rings. The molecule has 0 bridgehead atoms. The van der Waals surface area contributed by atoms with E-state index in [2.05, 4.69) is 15.3 Å². The summed E-state index contributed by atoms with van der Waals surface area (Å²) in [5.74, 6) is 0.141. The molecule has 7 nitrogen and oxygen atoms in total. The van der Waals surface area contributed by atoms with E-state index in [1.54, 1.807) is 11.1 Å². The Bertz CT molecular complexity index is 883. The summed E-state index contributed by atoms with van der Waals surface area (Å²) in [5.41, 5.74) is 2.30. The summed E-state index contributed by atoms with van der Waals surface area (Å²) in [6, 6.07) is 3.03. The molecule has 29 heavy (non-hydrogen) atoms. The minimum atomic E-state index is -0.701. The van der Waals surface area contributed by atoms with E-state index in [0.29, 0.717) is 37.3 Å². The van der Waals surface area contributed by atoms with Gasteiger partial charge in [-0.1, -0.05) is 24.6 Å². The summed E-state index contributed by atoms with van der Waals surface area (Å²) in [7, 11) is 0. The van der Waals surface area contributed by atoms with E-state index in [9.17, 15) is 19.4 Å². The topological polar surface area (TPSA) is 98.6 Å². The van der Waals surface area contributed by atoms with E-state index in [1.807, 2.05) is 6.92 Å². The second-order valence-corrected chi connectivity index (χ2v) is 7.69. The van der Waals surface area contributed by atoms with E-state index >= 15 is 0 Å². The third kappa shape index (κ3) is 5.20. The third-order valence-electron chi connectivity index (χ3n) is 4.95. The predicted molar refractivity (Wildman–Crippen MR) is 106 cm³/mol. The first kappa shape index (κ1) is 21.4. The summed E-state index contributed by atoms with van der Waals surface area (Å²) in [6.07, 6.45) is 2.98. The van der Waals surface area contributed by atoms with Crippen molar-refractivity contribution >= 4 is 17.6 Å². The fraction of sp³-hybridized carbons (Fsp3) is 0.450. The number of fused-ring (bicyclic) bond motifs is 1. The molecule has 2 atom stereocenters. The zero-order chi connectivity index (χ0) is 21.0. The van der Waals surface area contributed by atoms with Crippen LogP contribution < -0.4 is 5.32 Å². The molecule has 1 aromatic heterocycles. The van der Waals surface area contributed by atoms with Gasteiger partial charge in [0.15, 0.2) is 0 Å². The number of hydrogen-bond donors (Lipinski definition) is 3. The lowest BCUT2D eigenvalue weighted by Gasteiger charge is -2.30. The predicted octanol–water partition coefficient (Wildman–Crippen LogP) is 2.24. The number of nitrogens with zero attached hydrogens (tertiary/aromatic N) is 3. The molecule has 1 aliphatic heterocycles. The van der Waals surface area contributed by atoms with Crippen molar-refractivity contribution < 1.29 is 19.4 Å². The average molecular weight is 423 g/mol. The largest absolute Gasteiger partial charge is 0.396 e. The van der Waals surface area contributed by atoms with Crippen molar-refractivity contribution in [3.63, 3.8) is 0 Å². The lowest BCUT2D eigenvalue weighted by molar-refractivity contribution is 0.176. The highest BCUT2D eigenvalue weighted by atomic mass is 35.5. The van der Waals surface area contributed by atoms with Crippen molar-refractivity contribution in [3.8, 4) is 0 Å². The van der Waals surface area contributed by atoms with Crippen LogP contribution in [0.25, 0.3) is 0 Å². The summed E-state index contributed by atoms with van der Waals surface area (Å²) < 4.78 is 13.4. The van der Waals surface area contributed by atoms with E-state index in [1.165, 1.54) is 18.2 Å². The van der Waals surface area contributed by atoms with Crippen LogP contribution in [0.5, 0.6) is 0 Å². The highest BCUT2D eigenvalue weighted by molar-refractivity contribution is 6.30. The molecule has 3 rings (SSSR count). The zero-order valence-electron chi connectivity index (χ0n) is 16.1. The maximum Gasteiger partial charge on any atom is 0.318 e. The number of halogens is 2. The van der Waals surface area contributed by atoms with Crippen molar-refractivity contribution in [1.29, 1.82) is 0 Å². The molecule has 0 unspecified atom stereocenters. The maximum absolute atomic E-state index is 13.4. The molecule has 9 heteroatoms. The highest BCUT2D eigenvalue weighted by Crippen LogP contribution is 2.22. The van der Waals surface area contributed by atoms with Crippen molar-refractivity contribution in [2.45, 2.75) is 32.4 Å². The second-order valence-electron chi connectivity index (χ2n) is 7.28. The number of benzene rings is 1. The van der Waals surface area contributed by atoms with Gasteiger partial charge in [0.05, 0.1) is 29.9 Å². The van der Waals surface area contributed by atoms with Crippen LogP contribution in [0.15, 0.2) is 24.4 Å². The van der Waals surface area contributed by atoms with Crippen LogP contribution in [0.2, 0.25) is 5.02 Å². The van der Waals surface area contributed by atoms with Crippen molar-refractivity contribution in [1.82, 2.24) is 20.2 Å². The van der Waals surface area contributed by atoms with Gasteiger partial charge in [-0.3, -0.25) is 0 Å². The molecule has 2 amide bonds. The van der Waals surface area contributed by atoms with Crippen molar-refractivity contribution in [3.05, 3.63) is 57.9 Å². The molecule has 0 saturated heterocycles. The van der Waals surface area contributed by atoms with Gasteiger partial charge in [0.25, 0.3) is 0 Å². The molecular formula is C20H24ClFN4O3. The van der Waals surface area contributed by atoms with Gasteiger partial charge in [-0.2, -0.15) is 0 Å². The van der Waals surface area contributed by atoms with Crippen LogP contribution in [-0.4, -0.2) is 50.9 Å². The molecule has 0 spiro atoms. The lowest BCUT2D eigenvalue weighted by atomic mass is 10.1. The number of amides is 2. The Balaban J connectivity index is 1.69. The minimum absolute atomic E-state index is 0.0592. The Labute approximate surface area is 173 Å². The molecular weight excluding hydrogens is 399 g/mol. The fourth-order valence-electron chi connectivity index (χ4n) is 3.20. The van der Waals surface area contributed by atoms with Crippen LogP contribution in [-0.2, 0) is 19.4 Å². The Morgan fingerprint density at radius 1 is 1.38 bits per heavy atom. The van der Waals surface area contributed by atoms with Crippen LogP contribution in [0.3, 0.4) is 0 Å². The molecule has 2 heterocycles. The van der Waals surface area contributed by atoms with Gasteiger partial charge in [-0.05, 0) is 35.6 Å². The van der Waals surface area contributed by atoms with E-state index in [0.717, 1.165) is 11.3 Å². The standard InChI is InChI=1S/C20H24ClFN4O3/c1-12(10-27)6-19-23-8-14-4-5-26(9-17(14)24-19)20(29)25-18(11-28)13-2-3-16(22)15(21)7-13/h2-3,7-8,12,18,27-28H,4-6,9-11H2,1H3,(H,25,29)/t12-,18+/m0/s1. The Morgan fingerprint density at radius 3 is 2.86 bits per heavy atom. The first-order valence-electron chi connectivity index (χ1n) is 9.47. The van der Waals surface area contributed by atoms with E-state index in [4.69, 9.17) is 11.6 Å². The molecule has 156 valence electrons. The van der Waals surface area contributed by atoms with Gasteiger partial charge in [-0.15, -0.1) is 0 Å². The molecule has 0 saturated carbocycles. The normalized spacial score (nSPS) is 15.6. The Kier molecular flexibility index (Phi) is 7.00. The number of nitrogens with one attached hydrogen (secondary N) is 1. The number of aromatic nitrogens is 2. The van der Waals surface area contributed by atoms with Gasteiger partial charge in [0.1, 0.15) is 11.6 Å². The quantitative estimate of drug-likeness (QED) is 0.663. The number of carbonyl (C=O) groups is 1. The zero-order valence-corrected chi connectivity index (χ0v) is 16.9. The van der Waals surface area contributed by atoms with E-state index < -0.39 is 11.9 Å². The SMILES string of the molecule is C[C@H](CO)Cc1ncc2c(n1)CN(C(=O)N[C@H](CO)c1ccc(F)c(Cl)c1)CC2. The third-order valence-corrected chi connectivity index (χ3v) is 5.24. The molecule has 3 N–H and O–H groups in total. The average Bonchev–Trinajstić information content (AvgIpc) is 2.73. The van der Waals surface area contributed by atoms with Gasteiger partial charge < -0.3 is 20.4 Å². The van der Waals surface area contributed by atoms with Gasteiger partial charge in [0.2, 0.25) is 0 Å². The molecule has 0 fully saturated rings. The minimum Gasteiger partial charge on any atom is -0.396 e. The van der Waals surface area contributed by atoms with Crippen LogP contribution in [0.1, 0.15) is 35.6 Å². The molecule has 1 aliphatic rings. The monoisotopic (exact) mass is 422 g/mol.